The minimum Gasteiger partial charge on any atom is -0.377 e. The molecular weight excluding hydrogens is 288 g/mol. The van der Waals surface area contributed by atoms with E-state index in [9.17, 15) is 4.79 Å². The quantitative estimate of drug-likeness (QED) is 0.699. The van der Waals surface area contributed by atoms with Crippen molar-refractivity contribution in [3.63, 3.8) is 0 Å². The van der Waals surface area contributed by atoms with Crippen molar-refractivity contribution < 1.29 is 9.53 Å². The largest absolute Gasteiger partial charge is 0.377 e. The summed E-state index contributed by atoms with van der Waals surface area (Å²) in [4.78, 5) is 18.0. The average molecular weight is 312 g/mol. The van der Waals surface area contributed by atoms with Crippen molar-refractivity contribution in [2.24, 2.45) is 0 Å². The number of carbonyl (C=O) groups is 1. The molecule has 4 nitrogen and oxygen atoms in total. The molecule has 2 rings (SSSR count). The normalized spacial score (nSPS) is 11.9. The second-order valence-corrected chi connectivity index (χ2v) is 5.60. The molecule has 1 atom stereocenters. The maximum atomic E-state index is 12.2. The van der Waals surface area contributed by atoms with Crippen LogP contribution in [0.15, 0.2) is 54.9 Å². The first-order valence-electron chi connectivity index (χ1n) is 7.95. The zero-order chi connectivity index (χ0) is 16.5. The minimum atomic E-state index is 0.0516. The van der Waals surface area contributed by atoms with Crippen molar-refractivity contribution in [2.45, 2.75) is 32.4 Å². The molecule has 122 valence electrons. The molecule has 0 aliphatic heterocycles. The third-order valence-electron chi connectivity index (χ3n) is 3.95. The Morgan fingerprint density at radius 1 is 1.17 bits per heavy atom. The van der Waals surface area contributed by atoms with Gasteiger partial charge in [-0.15, -0.1) is 0 Å². The van der Waals surface area contributed by atoms with E-state index in [4.69, 9.17) is 4.74 Å². The van der Waals surface area contributed by atoms with Gasteiger partial charge in [0.2, 0.25) is 5.91 Å². The molecule has 0 saturated carbocycles. The van der Waals surface area contributed by atoms with Gasteiger partial charge in [-0.1, -0.05) is 30.3 Å². The summed E-state index contributed by atoms with van der Waals surface area (Å²) in [5.41, 5.74) is 2.25. The second-order valence-electron chi connectivity index (χ2n) is 5.60. The van der Waals surface area contributed by atoms with Gasteiger partial charge in [-0.3, -0.25) is 9.78 Å². The van der Waals surface area contributed by atoms with Crippen LogP contribution in [0.1, 0.15) is 36.9 Å². The predicted octanol–water partition coefficient (Wildman–Crippen LogP) is 3.60. The summed E-state index contributed by atoms with van der Waals surface area (Å²) in [5.74, 6) is 0.137. The Morgan fingerprint density at radius 3 is 2.57 bits per heavy atom. The molecule has 1 unspecified atom stereocenters. The molecule has 1 heterocycles. The van der Waals surface area contributed by atoms with Crippen LogP contribution in [0, 0.1) is 0 Å². The topological polar surface area (TPSA) is 42.4 Å². The Morgan fingerprint density at radius 2 is 1.87 bits per heavy atom. The summed E-state index contributed by atoms with van der Waals surface area (Å²) >= 11 is 0. The first-order valence-corrected chi connectivity index (χ1v) is 7.95. The highest BCUT2D eigenvalue weighted by Crippen LogP contribution is 2.18. The molecule has 0 saturated heterocycles. The summed E-state index contributed by atoms with van der Waals surface area (Å²) in [6.45, 7) is 3.22. The standard InChI is InChI=1S/C19H24N2O2/c1-16(18-10-12-20-13-11-18)21(2)19(22)9-6-14-23-15-17-7-4-3-5-8-17/h3-5,7-8,10-13,16H,6,9,14-15H2,1-2H3. The molecule has 23 heavy (non-hydrogen) atoms. The Labute approximate surface area is 138 Å². The van der Waals surface area contributed by atoms with Crippen LogP contribution < -0.4 is 0 Å². The summed E-state index contributed by atoms with van der Waals surface area (Å²) in [5, 5.41) is 0. The van der Waals surface area contributed by atoms with E-state index in [2.05, 4.69) is 4.98 Å². The van der Waals surface area contributed by atoms with Crippen molar-refractivity contribution in [2.75, 3.05) is 13.7 Å². The summed E-state index contributed by atoms with van der Waals surface area (Å²) in [6, 6.07) is 14.0. The summed E-state index contributed by atoms with van der Waals surface area (Å²) < 4.78 is 5.62. The van der Waals surface area contributed by atoms with Gasteiger partial charge in [0.1, 0.15) is 0 Å². The molecule has 0 aliphatic carbocycles. The van der Waals surface area contributed by atoms with Crippen LogP contribution in [0.3, 0.4) is 0 Å². The van der Waals surface area contributed by atoms with Crippen LogP contribution in [0.2, 0.25) is 0 Å². The molecule has 0 aliphatic rings. The minimum absolute atomic E-state index is 0.0516. The molecule has 2 aromatic rings. The van der Waals surface area contributed by atoms with Gasteiger partial charge in [0.25, 0.3) is 0 Å². The molecule has 1 amide bonds. The molecule has 0 fully saturated rings. The zero-order valence-corrected chi connectivity index (χ0v) is 13.8. The molecular formula is C19H24N2O2. The van der Waals surface area contributed by atoms with Crippen LogP contribution in [-0.2, 0) is 16.1 Å². The van der Waals surface area contributed by atoms with Crippen molar-refractivity contribution in [3.05, 3.63) is 66.0 Å². The van der Waals surface area contributed by atoms with E-state index in [1.54, 1.807) is 17.3 Å². The summed E-state index contributed by atoms with van der Waals surface area (Å²) in [6.07, 6.45) is 4.74. The number of hydrogen-bond donors (Lipinski definition) is 0. The van der Waals surface area contributed by atoms with Crippen molar-refractivity contribution in [3.8, 4) is 0 Å². The van der Waals surface area contributed by atoms with Gasteiger partial charge in [0, 0.05) is 32.5 Å². The monoisotopic (exact) mass is 312 g/mol. The van der Waals surface area contributed by atoms with E-state index < -0.39 is 0 Å². The second kappa shape index (κ2) is 9.06. The van der Waals surface area contributed by atoms with E-state index in [0.29, 0.717) is 19.6 Å². The van der Waals surface area contributed by atoms with Crippen LogP contribution in [-0.4, -0.2) is 29.4 Å². The van der Waals surface area contributed by atoms with Gasteiger partial charge in [0.05, 0.1) is 12.6 Å². The van der Waals surface area contributed by atoms with Crippen LogP contribution in [0.4, 0.5) is 0 Å². The van der Waals surface area contributed by atoms with E-state index in [1.165, 1.54) is 0 Å². The molecule has 0 spiro atoms. The van der Waals surface area contributed by atoms with Crippen LogP contribution in [0.25, 0.3) is 0 Å². The van der Waals surface area contributed by atoms with Crippen molar-refractivity contribution >= 4 is 5.91 Å². The maximum absolute atomic E-state index is 12.2. The molecule has 4 heteroatoms. The lowest BCUT2D eigenvalue weighted by atomic mass is 10.1. The number of nitrogens with zero attached hydrogens (tertiary/aromatic N) is 2. The van der Waals surface area contributed by atoms with Gasteiger partial charge < -0.3 is 9.64 Å². The lowest BCUT2D eigenvalue weighted by Crippen LogP contribution is -2.29. The molecule has 0 bridgehead atoms. The fourth-order valence-corrected chi connectivity index (χ4v) is 2.35. The first kappa shape index (κ1) is 17.2. The van der Waals surface area contributed by atoms with Crippen LogP contribution >= 0.6 is 0 Å². The SMILES string of the molecule is CC(c1ccncc1)N(C)C(=O)CCCOCc1ccccc1. The van der Waals surface area contributed by atoms with E-state index >= 15 is 0 Å². The Kier molecular flexibility index (Phi) is 6.76. The number of benzene rings is 1. The number of ether oxygens (including phenoxy) is 1. The zero-order valence-electron chi connectivity index (χ0n) is 13.8. The lowest BCUT2D eigenvalue weighted by molar-refractivity contribution is -0.132. The van der Waals surface area contributed by atoms with Gasteiger partial charge in [0.15, 0.2) is 0 Å². The van der Waals surface area contributed by atoms with Gasteiger partial charge in [-0.05, 0) is 36.6 Å². The Balaban J connectivity index is 1.68. The third kappa shape index (κ3) is 5.49. The number of carbonyl (C=O) groups excluding carboxylic acids is 1. The fourth-order valence-electron chi connectivity index (χ4n) is 2.35. The average Bonchev–Trinajstić information content (AvgIpc) is 2.61. The van der Waals surface area contributed by atoms with Crippen molar-refractivity contribution in [1.82, 2.24) is 9.88 Å². The predicted molar refractivity (Wildman–Crippen MR) is 90.8 cm³/mol. The van der Waals surface area contributed by atoms with Crippen LogP contribution in [0.5, 0.6) is 0 Å². The highest BCUT2D eigenvalue weighted by atomic mass is 16.5. The highest BCUT2D eigenvalue weighted by molar-refractivity contribution is 5.76. The lowest BCUT2D eigenvalue weighted by Gasteiger charge is -2.25. The third-order valence-corrected chi connectivity index (χ3v) is 3.95. The van der Waals surface area contributed by atoms with E-state index in [0.717, 1.165) is 17.5 Å². The van der Waals surface area contributed by atoms with E-state index in [1.807, 2.05) is 56.4 Å². The Hall–Kier alpha value is -2.20. The molecule has 1 aromatic carbocycles. The fraction of sp³-hybridized carbons (Fsp3) is 0.368. The number of pyridine rings is 1. The number of hydrogen-bond acceptors (Lipinski definition) is 3. The number of rotatable bonds is 8. The highest BCUT2D eigenvalue weighted by Gasteiger charge is 2.16. The number of amides is 1. The Bertz CT molecular complexity index is 587. The summed E-state index contributed by atoms with van der Waals surface area (Å²) in [7, 11) is 1.85. The van der Waals surface area contributed by atoms with E-state index in [-0.39, 0.29) is 11.9 Å². The molecule has 0 N–H and O–H groups in total. The molecule has 0 radical (unpaired) electrons. The van der Waals surface area contributed by atoms with Crippen molar-refractivity contribution in [1.29, 1.82) is 0 Å². The van der Waals surface area contributed by atoms with Gasteiger partial charge >= 0.3 is 0 Å². The van der Waals surface area contributed by atoms with Gasteiger partial charge in [-0.25, -0.2) is 0 Å². The molecule has 1 aromatic heterocycles. The maximum Gasteiger partial charge on any atom is 0.222 e. The number of aromatic nitrogens is 1. The van der Waals surface area contributed by atoms with Gasteiger partial charge in [-0.2, -0.15) is 0 Å². The first-order chi connectivity index (χ1) is 11.2. The smallest absolute Gasteiger partial charge is 0.222 e.